The van der Waals surface area contributed by atoms with Gasteiger partial charge >= 0.3 is 0 Å². The summed E-state index contributed by atoms with van der Waals surface area (Å²) in [4.78, 5) is 46.7. The quantitative estimate of drug-likeness (QED) is 0.701. The molecule has 2 aromatic rings. The summed E-state index contributed by atoms with van der Waals surface area (Å²) in [6, 6.07) is 10.1. The number of rotatable bonds is 4. The van der Waals surface area contributed by atoms with E-state index in [9.17, 15) is 14.4 Å². The van der Waals surface area contributed by atoms with Crippen molar-refractivity contribution in [2.75, 3.05) is 39.2 Å². The largest absolute Gasteiger partial charge is 0.491 e. The Morgan fingerprint density at radius 3 is 2.58 bits per heavy atom. The van der Waals surface area contributed by atoms with Crippen molar-refractivity contribution in [2.45, 2.75) is 38.8 Å². The highest BCUT2D eigenvalue weighted by Crippen LogP contribution is 2.31. The minimum atomic E-state index is -0.299. The summed E-state index contributed by atoms with van der Waals surface area (Å²) in [5, 5.41) is 2.90. The fourth-order valence-corrected chi connectivity index (χ4v) is 4.36. The Hall–Kier alpha value is -3.46. The number of nitrogens with one attached hydrogen (secondary N) is 1. The van der Waals surface area contributed by atoms with E-state index < -0.39 is 0 Å². The zero-order valence-electron chi connectivity index (χ0n) is 21.3. The van der Waals surface area contributed by atoms with Crippen LogP contribution in [0.3, 0.4) is 0 Å². The lowest BCUT2D eigenvalue weighted by Gasteiger charge is -2.36. The molecule has 1 aromatic heterocycles. The molecule has 1 aliphatic carbocycles. The summed E-state index contributed by atoms with van der Waals surface area (Å²) in [6.07, 6.45) is 3.09. The number of nitrogens with zero attached hydrogens (tertiary/aromatic N) is 3. The number of anilines is 1. The number of fused-ring (bicyclic) bond motifs is 1. The van der Waals surface area contributed by atoms with Crippen LogP contribution in [-0.4, -0.2) is 78.5 Å². The van der Waals surface area contributed by atoms with Gasteiger partial charge in [0, 0.05) is 51.0 Å². The highest BCUT2D eigenvalue weighted by molar-refractivity contribution is 6.00. The number of carbonyl (C=O) groups excluding carboxylic acids is 3. The minimum Gasteiger partial charge on any atom is -0.491 e. The summed E-state index contributed by atoms with van der Waals surface area (Å²) in [5.41, 5.74) is 1.27. The lowest BCUT2D eigenvalue weighted by atomic mass is 10.0. The van der Waals surface area contributed by atoms with Gasteiger partial charge in [0.1, 0.15) is 18.1 Å². The molecule has 1 aromatic carbocycles. The van der Waals surface area contributed by atoms with E-state index in [2.05, 4.69) is 10.3 Å². The van der Waals surface area contributed by atoms with Crippen LogP contribution in [-0.2, 0) is 9.53 Å². The summed E-state index contributed by atoms with van der Waals surface area (Å²) in [5.74, 6) is -0.0625. The van der Waals surface area contributed by atoms with E-state index in [0.29, 0.717) is 35.8 Å². The molecule has 4 rings (SSSR count). The van der Waals surface area contributed by atoms with Gasteiger partial charge in [-0.3, -0.25) is 19.4 Å². The van der Waals surface area contributed by atoms with Crippen LogP contribution in [0.15, 0.2) is 42.6 Å². The number of aromatic nitrogens is 1. The maximum atomic E-state index is 13.4. The Morgan fingerprint density at radius 1 is 1.14 bits per heavy atom. The van der Waals surface area contributed by atoms with Crippen LogP contribution in [0.4, 0.5) is 5.69 Å². The monoisotopic (exact) mass is 494 g/mol. The van der Waals surface area contributed by atoms with Gasteiger partial charge in [-0.25, -0.2) is 0 Å². The second kappa shape index (κ2) is 11.1. The summed E-state index contributed by atoms with van der Waals surface area (Å²) in [6.45, 7) is 4.84. The molecule has 36 heavy (non-hydrogen) atoms. The van der Waals surface area contributed by atoms with Crippen LogP contribution in [0.1, 0.15) is 47.5 Å². The smallest absolute Gasteiger partial charge is 0.272 e. The lowest BCUT2D eigenvalue weighted by Crippen LogP contribution is -2.48. The van der Waals surface area contributed by atoms with Crippen LogP contribution in [0.5, 0.6) is 5.75 Å². The van der Waals surface area contributed by atoms with Crippen LogP contribution in [0.2, 0.25) is 0 Å². The van der Waals surface area contributed by atoms with Gasteiger partial charge in [0.05, 0.1) is 17.7 Å². The molecule has 0 radical (unpaired) electrons. The number of benzene rings is 1. The molecule has 1 saturated carbocycles. The first-order valence-electron chi connectivity index (χ1n) is 12.4. The predicted octanol–water partition coefficient (Wildman–Crippen LogP) is 3.08. The zero-order valence-corrected chi connectivity index (χ0v) is 21.3. The predicted molar refractivity (Wildman–Crippen MR) is 135 cm³/mol. The molecule has 1 N–H and O–H groups in total. The van der Waals surface area contributed by atoms with E-state index in [4.69, 9.17) is 9.47 Å². The molecule has 3 amide bonds. The van der Waals surface area contributed by atoms with Crippen molar-refractivity contribution in [1.82, 2.24) is 14.8 Å². The molecule has 2 heterocycles. The first-order valence-corrected chi connectivity index (χ1v) is 12.4. The van der Waals surface area contributed by atoms with Crippen molar-refractivity contribution < 1.29 is 23.9 Å². The van der Waals surface area contributed by atoms with Crippen molar-refractivity contribution in [3.63, 3.8) is 0 Å². The molecule has 9 nitrogen and oxygen atoms in total. The molecule has 2 aliphatic rings. The van der Waals surface area contributed by atoms with Crippen molar-refractivity contribution in [3.05, 3.63) is 53.9 Å². The van der Waals surface area contributed by atoms with Gasteiger partial charge in [0.2, 0.25) is 5.91 Å². The number of likely N-dealkylation sites (N-methyl/N-ethyl adjacent to an activating group) is 1. The summed E-state index contributed by atoms with van der Waals surface area (Å²) >= 11 is 0. The molecule has 0 unspecified atom stereocenters. The molecule has 192 valence electrons. The van der Waals surface area contributed by atoms with E-state index in [1.807, 2.05) is 13.8 Å². The number of hydrogen-bond acceptors (Lipinski definition) is 6. The first-order chi connectivity index (χ1) is 17.3. The van der Waals surface area contributed by atoms with Crippen LogP contribution in [0.25, 0.3) is 0 Å². The zero-order chi connectivity index (χ0) is 25.8. The van der Waals surface area contributed by atoms with Gasteiger partial charge in [-0.05, 0) is 50.1 Å². The maximum Gasteiger partial charge on any atom is 0.272 e. The third-order valence-electron chi connectivity index (χ3n) is 6.81. The number of carbonyl (C=O) groups is 3. The normalized spacial score (nSPS) is 23.1. The van der Waals surface area contributed by atoms with E-state index in [1.54, 1.807) is 66.6 Å². The average Bonchev–Trinajstić information content (AvgIpc) is 3.74. The second-order valence-corrected chi connectivity index (χ2v) is 9.74. The van der Waals surface area contributed by atoms with Crippen molar-refractivity contribution in [2.24, 2.45) is 11.8 Å². The van der Waals surface area contributed by atoms with Gasteiger partial charge < -0.3 is 24.6 Å². The number of amides is 3. The van der Waals surface area contributed by atoms with Crippen LogP contribution < -0.4 is 10.1 Å². The van der Waals surface area contributed by atoms with E-state index in [-0.39, 0.29) is 48.3 Å². The Bertz CT molecular complexity index is 1100. The number of methoxy groups -OCH3 is 1. The van der Waals surface area contributed by atoms with E-state index in [1.165, 1.54) is 0 Å². The molecular formula is C27H34N4O5. The van der Waals surface area contributed by atoms with Crippen LogP contribution in [0, 0.1) is 11.8 Å². The summed E-state index contributed by atoms with van der Waals surface area (Å²) in [7, 11) is 3.33. The molecule has 0 saturated heterocycles. The first kappa shape index (κ1) is 25.6. The third-order valence-corrected chi connectivity index (χ3v) is 6.81. The van der Waals surface area contributed by atoms with Crippen LogP contribution >= 0.6 is 0 Å². The maximum absolute atomic E-state index is 13.4. The highest BCUT2D eigenvalue weighted by atomic mass is 16.5. The van der Waals surface area contributed by atoms with Gasteiger partial charge in [-0.15, -0.1) is 0 Å². The topological polar surface area (TPSA) is 101 Å². The van der Waals surface area contributed by atoms with E-state index >= 15 is 0 Å². The van der Waals surface area contributed by atoms with Gasteiger partial charge in [0.15, 0.2) is 0 Å². The fraction of sp³-hybridized carbons (Fsp3) is 0.481. The van der Waals surface area contributed by atoms with E-state index in [0.717, 1.165) is 12.8 Å². The molecule has 1 fully saturated rings. The second-order valence-electron chi connectivity index (χ2n) is 9.74. The fourth-order valence-electron chi connectivity index (χ4n) is 4.36. The average molecular weight is 495 g/mol. The summed E-state index contributed by atoms with van der Waals surface area (Å²) < 4.78 is 11.9. The molecule has 0 bridgehead atoms. The number of hydrogen-bond donors (Lipinski definition) is 1. The number of ether oxygens (including phenoxy) is 2. The van der Waals surface area contributed by atoms with Crippen molar-refractivity contribution in [3.8, 4) is 5.75 Å². The molecule has 3 atom stereocenters. The third kappa shape index (κ3) is 5.84. The van der Waals surface area contributed by atoms with Gasteiger partial charge in [0.25, 0.3) is 11.8 Å². The molecule has 9 heteroatoms. The standard InChI is InChI=1S/C27H34N4O5/c1-17-14-31(27(34)22-7-5-6-12-28-22)18(2)16-36-23-11-10-20(29-25(32)19-8-9-19)13-21(23)26(33)30(3)15-24(17)35-4/h5-7,10-13,17-19,24H,8-9,14-16H2,1-4H3,(H,29,32)/t17-,18+,24+/m0/s1. The Morgan fingerprint density at radius 2 is 1.92 bits per heavy atom. The van der Waals surface area contributed by atoms with Crippen molar-refractivity contribution >= 4 is 23.4 Å². The Balaban J connectivity index is 1.65. The Kier molecular flexibility index (Phi) is 7.88. The van der Waals surface area contributed by atoms with Crippen molar-refractivity contribution in [1.29, 1.82) is 0 Å². The number of pyridine rings is 1. The Labute approximate surface area is 211 Å². The minimum absolute atomic E-state index is 0.0320. The molecule has 1 aliphatic heterocycles. The van der Waals surface area contributed by atoms with Gasteiger partial charge in [-0.1, -0.05) is 13.0 Å². The molecule has 0 spiro atoms. The van der Waals surface area contributed by atoms with Gasteiger partial charge in [-0.2, -0.15) is 0 Å². The highest BCUT2D eigenvalue weighted by Gasteiger charge is 2.32. The SMILES string of the molecule is CO[C@@H]1CN(C)C(=O)c2cc(NC(=O)C3CC3)ccc2OC[C@@H](C)N(C(=O)c2ccccn2)C[C@@H]1C. The molecular weight excluding hydrogens is 460 g/mol. The lowest BCUT2D eigenvalue weighted by molar-refractivity contribution is -0.117.